The molecule has 1 saturated heterocycles. The predicted octanol–water partition coefficient (Wildman–Crippen LogP) is 2.27. The lowest BCUT2D eigenvalue weighted by atomic mass is 9.80. The Labute approximate surface area is 148 Å². The summed E-state index contributed by atoms with van der Waals surface area (Å²) in [4.78, 5) is 26.4. The van der Waals surface area contributed by atoms with Gasteiger partial charge in [0.05, 0.1) is 18.9 Å². The number of fused-ring (bicyclic) bond motifs is 1. The molecule has 2 aliphatic heterocycles. The van der Waals surface area contributed by atoms with Crippen LogP contribution in [-0.4, -0.2) is 40.5 Å². The molecule has 0 radical (unpaired) electrons. The monoisotopic (exact) mass is 342 g/mol. The summed E-state index contributed by atoms with van der Waals surface area (Å²) < 4.78 is 0. The number of likely N-dealkylation sites (tertiary alicyclic amines) is 1. The van der Waals surface area contributed by atoms with Gasteiger partial charge in [0.15, 0.2) is 0 Å². The lowest BCUT2D eigenvalue weighted by molar-refractivity contribution is -0.133. The quantitative estimate of drug-likeness (QED) is 0.885. The number of nitrogens with zero attached hydrogens (tertiary/aromatic N) is 1. The largest absolute Gasteiger partial charge is 0.393 e. The Morgan fingerprint density at radius 2 is 2.04 bits per heavy atom. The van der Waals surface area contributed by atoms with Crippen LogP contribution >= 0.6 is 0 Å². The van der Waals surface area contributed by atoms with Crippen LogP contribution in [0.2, 0.25) is 0 Å². The highest BCUT2D eigenvalue weighted by Crippen LogP contribution is 2.35. The Morgan fingerprint density at radius 3 is 2.88 bits per heavy atom. The Bertz CT molecular complexity index is 688. The first-order valence-corrected chi connectivity index (χ1v) is 9.51. The third kappa shape index (κ3) is 3.30. The first-order chi connectivity index (χ1) is 12.1. The molecule has 0 aromatic heterocycles. The Hall–Kier alpha value is -1.88. The fourth-order valence-electron chi connectivity index (χ4n) is 4.78. The molecular weight excluding hydrogens is 316 g/mol. The van der Waals surface area contributed by atoms with Gasteiger partial charge in [-0.15, -0.1) is 0 Å². The normalized spacial score (nSPS) is 28.8. The molecule has 2 heterocycles. The highest BCUT2D eigenvalue weighted by molar-refractivity contribution is 5.99. The van der Waals surface area contributed by atoms with Crippen LogP contribution in [0.4, 0.5) is 5.69 Å². The molecule has 1 aliphatic carbocycles. The van der Waals surface area contributed by atoms with E-state index in [4.69, 9.17) is 0 Å². The number of aliphatic hydroxyl groups is 1. The van der Waals surface area contributed by atoms with Gasteiger partial charge in [-0.1, -0.05) is 25.0 Å². The predicted molar refractivity (Wildman–Crippen MR) is 95.2 cm³/mol. The highest BCUT2D eigenvalue weighted by atomic mass is 16.3. The number of carbonyl (C=O) groups is 2. The summed E-state index contributed by atoms with van der Waals surface area (Å²) >= 11 is 0. The van der Waals surface area contributed by atoms with Gasteiger partial charge in [-0.2, -0.15) is 0 Å². The Kier molecular flexibility index (Phi) is 4.50. The number of rotatable bonds is 3. The zero-order valence-electron chi connectivity index (χ0n) is 14.5. The molecule has 4 rings (SSSR count). The van der Waals surface area contributed by atoms with Crippen LogP contribution < -0.4 is 5.32 Å². The van der Waals surface area contributed by atoms with Gasteiger partial charge in [0.2, 0.25) is 11.8 Å². The van der Waals surface area contributed by atoms with Crippen LogP contribution in [-0.2, 0) is 22.4 Å². The molecule has 3 aliphatic rings. The van der Waals surface area contributed by atoms with Crippen molar-refractivity contribution in [1.29, 1.82) is 0 Å². The van der Waals surface area contributed by atoms with E-state index in [0.29, 0.717) is 12.8 Å². The van der Waals surface area contributed by atoms with Crippen molar-refractivity contribution in [2.45, 2.75) is 63.5 Å². The Morgan fingerprint density at radius 1 is 1.20 bits per heavy atom. The SMILES string of the molecule is O=C1Cc2ccc(CC(=O)N3CCCC3C3CCCCC3O)cc2N1. The summed E-state index contributed by atoms with van der Waals surface area (Å²) in [7, 11) is 0. The summed E-state index contributed by atoms with van der Waals surface area (Å²) in [6.07, 6.45) is 6.72. The van der Waals surface area contributed by atoms with Gasteiger partial charge >= 0.3 is 0 Å². The average Bonchev–Trinajstić information content (AvgIpc) is 3.20. The average molecular weight is 342 g/mol. The summed E-state index contributed by atoms with van der Waals surface area (Å²) in [5, 5.41) is 13.2. The van der Waals surface area contributed by atoms with Crippen molar-refractivity contribution < 1.29 is 14.7 Å². The first-order valence-electron chi connectivity index (χ1n) is 9.51. The van der Waals surface area contributed by atoms with E-state index in [9.17, 15) is 14.7 Å². The van der Waals surface area contributed by atoms with Crippen molar-refractivity contribution in [2.75, 3.05) is 11.9 Å². The van der Waals surface area contributed by atoms with E-state index in [1.54, 1.807) is 0 Å². The summed E-state index contributed by atoms with van der Waals surface area (Å²) in [5.41, 5.74) is 2.79. The van der Waals surface area contributed by atoms with Crippen molar-refractivity contribution in [2.24, 2.45) is 5.92 Å². The van der Waals surface area contributed by atoms with Gasteiger partial charge in [-0.3, -0.25) is 9.59 Å². The van der Waals surface area contributed by atoms with Crippen LogP contribution in [0.3, 0.4) is 0 Å². The highest BCUT2D eigenvalue weighted by Gasteiger charge is 2.38. The number of benzene rings is 1. The maximum absolute atomic E-state index is 12.9. The molecule has 2 amide bonds. The maximum Gasteiger partial charge on any atom is 0.228 e. The van der Waals surface area contributed by atoms with Crippen LogP contribution in [0.15, 0.2) is 18.2 Å². The van der Waals surface area contributed by atoms with E-state index in [2.05, 4.69) is 5.32 Å². The Balaban J connectivity index is 1.45. The standard InChI is InChI=1S/C20H26N2O3/c23-18-6-2-1-4-15(18)17-5-3-9-22(17)20(25)11-13-7-8-14-12-19(24)21-16(14)10-13/h7-8,10,15,17-18,23H,1-6,9,11-12H2,(H,21,24). The van der Waals surface area contributed by atoms with Crippen molar-refractivity contribution >= 4 is 17.5 Å². The first kappa shape index (κ1) is 16.6. The molecule has 2 N–H and O–H groups in total. The molecule has 1 aromatic rings. The third-order valence-electron chi connectivity index (χ3n) is 6.05. The van der Waals surface area contributed by atoms with E-state index < -0.39 is 0 Å². The summed E-state index contributed by atoms with van der Waals surface area (Å²) in [6.45, 7) is 0.800. The number of amides is 2. The molecule has 2 fully saturated rings. The van der Waals surface area contributed by atoms with Gasteiger partial charge in [0.25, 0.3) is 0 Å². The van der Waals surface area contributed by atoms with E-state index in [1.807, 2.05) is 23.1 Å². The molecule has 5 heteroatoms. The number of hydrogen-bond donors (Lipinski definition) is 2. The van der Waals surface area contributed by atoms with Gasteiger partial charge in [0.1, 0.15) is 0 Å². The second-order valence-electron chi connectivity index (χ2n) is 7.71. The topological polar surface area (TPSA) is 69.6 Å². The second-order valence-corrected chi connectivity index (χ2v) is 7.71. The van der Waals surface area contributed by atoms with Crippen molar-refractivity contribution in [3.8, 4) is 0 Å². The molecule has 0 bridgehead atoms. The van der Waals surface area contributed by atoms with Crippen LogP contribution in [0.1, 0.15) is 49.7 Å². The lowest BCUT2D eigenvalue weighted by Crippen LogP contribution is -2.45. The zero-order chi connectivity index (χ0) is 17.4. The molecule has 3 atom stereocenters. The molecular formula is C20H26N2O3. The minimum atomic E-state index is -0.262. The smallest absolute Gasteiger partial charge is 0.228 e. The zero-order valence-corrected chi connectivity index (χ0v) is 14.5. The minimum absolute atomic E-state index is 0.0179. The van der Waals surface area contributed by atoms with E-state index >= 15 is 0 Å². The van der Waals surface area contributed by atoms with E-state index in [0.717, 1.165) is 61.9 Å². The minimum Gasteiger partial charge on any atom is -0.393 e. The molecule has 1 saturated carbocycles. The van der Waals surface area contributed by atoms with Crippen molar-refractivity contribution in [3.05, 3.63) is 29.3 Å². The van der Waals surface area contributed by atoms with Gasteiger partial charge in [0, 0.05) is 24.2 Å². The van der Waals surface area contributed by atoms with Gasteiger partial charge in [-0.25, -0.2) is 0 Å². The number of hydrogen-bond acceptors (Lipinski definition) is 3. The number of aliphatic hydroxyl groups excluding tert-OH is 1. The number of nitrogens with one attached hydrogen (secondary N) is 1. The fraction of sp³-hybridized carbons (Fsp3) is 0.600. The molecule has 134 valence electrons. The molecule has 3 unspecified atom stereocenters. The van der Waals surface area contributed by atoms with Gasteiger partial charge in [-0.05, 0) is 42.9 Å². The van der Waals surface area contributed by atoms with E-state index in [-0.39, 0.29) is 29.9 Å². The second kappa shape index (κ2) is 6.79. The van der Waals surface area contributed by atoms with Crippen LogP contribution in [0.25, 0.3) is 0 Å². The fourth-order valence-corrected chi connectivity index (χ4v) is 4.78. The number of anilines is 1. The maximum atomic E-state index is 12.9. The third-order valence-corrected chi connectivity index (χ3v) is 6.05. The number of carbonyl (C=O) groups excluding carboxylic acids is 2. The van der Waals surface area contributed by atoms with Crippen LogP contribution in [0, 0.1) is 5.92 Å². The lowest BCUT2D eigenvalue weighted by Gasteiger charge is -2.37. The summed E-state index contributed by atoms with van der Waals surface area (Å²) in [5.74, 6) is 0.397. The van der Waals surface area contributed by atoms with Crippen molar-refractivity contribution in [1.82, 2.24) is 4.90 Å². The van der Waals surface area contributed by atoms with E-state index in [1.165, 1.54) is 0 Å². The summed E-state index contributed by atoms with van der Waals surface area (Å²) in [6, 6.07) is 6.02. The molecule has 5 nitrogen and oxygen atoms in total. The van der Waals surface area contributed by atoms with Gasteiger partial charge < -0.3 is 15.3 Å². The molecule has 0 spiro atoms. The van der Waals surface area contributed by atoms with Crippen LogP contribution in [0.5, 0.6) is 0 Å². The molecule has 1 aromatic carbocycles. The molecule has 25 heavy (non-hydrogen) atoms. The van der Waals surface area contributed by atoms with Crippen molar-refractivity contribution in [3.63, 3.8) is 0 Å².